The SMILES string of the molecule is C=Cc1ccccc1CC[Si](C)(Cl)Cl. The monoisotopic (exact) mass is 244 g/mol. The molecule has 0 N–H and O–H groups in total. The quantitative estimate of drug-likeness (QED) is 0.544. The van der Waals surface area contributed by atoms with Gasteiger partial charge in [0.25, 0.3) is 0 Å². The summed E-state index contributed by atoms with van der Waals surface area (Å²) in [7, 11) is 0. The van der Waals surface area contributed by atoms with Gasteiger partial charge in [-0.15, -0.1) is 22.2 Å². The summed E-state index contributed by atoms with van der Waals surface area (Å²) in [6.45, 7) is 3.77. The molecule has 0 bridgehead atoms. The van der Waals surface area contributed by atoms with Gasteiger partial charge in [0, 0.05) is 0 Å². The van der Waals surface area contributed by atoms with Gasteiger partial charge >= 0.3 is 0 Å². The fraction of sp³-hybridized carbons (Fsp3) is 0.273. The predicted octanol–water partition coefficient (Wildman–Crippen LogP) is 4.42. The van der Waals surface area contributed by atoms with Crippen LogP contribution in [0.25, 0.3) is 6.08 Å². The van der Waals surface area contributed by atoms with Gasteiger partial charge in [0.2, 0.25) is 6.69 Å². The van der Waals surface area contributed by atoms with Crippen LogP contribution in [-0.2, 0) is 6.42 Å². The molecule has 0 atom stereocenters. The number of hydrogen-bond donors (Lipinski definition) is 0. The van der Waals surface area contributed by atoms with E-state index in [1.165, 1.54) is 11.1 Å². The van der Waals surface area contributed by atoms with Crippen molar-refractivity contribution in [3.05, 3.63) is 42.0 Å². The zero-order chi connectivity index (χ0) is 10.6. The zero-order valence-corrected chi connectivity index (χ0v) is 10.8. The summed E-state index contributed by atoms with van der Waals surface area (Å²) in [5.74, 6) is 0. The Morgan fingerprint density at radius 3 is 2.57 bits per heavy atom. The van der Waals surface area contributed by atoms with Gasteiger partial charge in [-0.1, -0.05) is 36.9 Å². The first-order chi connectivity index (χ1) is 6.53. The van der Waals surface area contributed by atoms with Crippen molar-refractivity contribution in [1.82, 2.24) is 0 Å². The summed E-state index contributed by atoms with van der Waals surface area (Å²) in [6, 6.07) is 9.10. The van der Waals surface area contributed by atoms with Crippen LogP contribution in [0.5, 0.6) is 0 Å². The van der Waals surface area contributed by atoms with Crippen molar-refractivity contribution >= 4 is 34.9 Å². The normalized spacial score (nSPS) is 11.4. The molecule has 0 saturated carbocycles. The third-order valence-corrected chi connectivity index (χ3v) is 4.37. The number of hydrogen-bond acceptors (Lipinski definition) is 0. The molecule has 0 nitrogen and oxygen atoms in total. The predicted molar refractivity (Wildman–Crippen MR) is 68.4 cm³/mol. The van der Waals surface area contributed by atoms with Crippen LogP contribution in [0.15, 0.2) is 30.8 Å². The molecule has 1 aromatic rings. The number of halogens is 2. The van der Waals surface area contributed by atoms with Crippen molar-refractivity contribution in [2.75, 3.05) is 0 Å². The molecule has 0 fully saturated rings. The van der Waals surface area contributed by atoms with Crippen molar-refractivity contribution in [3.8, 4) is 0 Å². The third kappa shape index (κ3) is 3.87. The highest BCUT2D eigenvalue weighted by atomic mass is 35.7. The lowest BCUT2D eigenvalue weighted by atomic mass is 10.1. The molecule has 0 spiro atoms. The summed E-state index contributed by atoms with van der Waals surface area (Å²) >= 11 is 12.1. The van der Waals surface area contributed by atoms with Gasteiger partial charge in [-0.3, -0.25) is 0 Å². The van der Waals surface area contributed by atoms with Crippen LogP contribution in [0, 0.1) is 0 Å². The second-order valence-corrected chi connectivity index (χ2v) is 11.7. The van der Waals surface area contributed by atoms with Crippen LogP contribution in [0.4, 0.5) is 0 Å². The van der Waals surface area contributed by atoms with E-state index in [1.54, 1.807) is 0 Å². The Balaban J connectivity index is 2.71. The molecule has 0 aliphatic rings. The van der Waals surface area contributed by atoms with Gasteiger partial charge in [0.05, 0.1) is 0 Å². The molecule has 3 heteroatoms. The van der Waals surface area contributed by atoms with Crippen LogP contribution in [0.3, 0.4) is 0 Å². The molecule has 0 aliphatic carbocycles. The van der Waals surface area contributed by atoms with E-state index in [1.807, 2.05) is 24.8 Å². The molecule has 0 saturated heterocycles. The van der Waals surface area contributed by atoms with E-state index in [2.05, 4.69) is 18.7 Å². The van der Waals surface area contributed by atoms with Gasteiger partial charge in [0.1, 0.15) is 0 Å². The van der Waals surface area contributed by atoms with E-state index in [9.17, 15) is 0 Å². The lowest BCUT2D eigenvalue weighted by Gasteiger charge is -2.11. The number of aryl methyl sites for hydroxylation is 1. The van der Waals surface area contributed by atoms with Crippen LogP contribution in [0.2, 0.25) is 12.6 Å². The summed E-state index contributed by atoms with van der Waals surface area (Å²) in [6.07, 6.45) is 2.81. The molecule has 0 radical (unpaired) electrons. The molecule has 1 aromatic carbocycles. The average Bonchev–Trinajstić information content (AvgIpc) is 2.14. The highest BCUT2D eigenvalue weighted by Crippen LogP contribution is 2.23. The Morgan fingerprint density at radius 1 is 1.36 bits per heavy atom. The smallest absolute Gasteiger partial charge is 0.146 e. The van der Waals surface area contributed by atoms with Crippen LogP contribution in [-0.4, -0.2) is 6.69 Å². The van der Waals surface area contributed by atoms with E-state index in [0.29, 0.717) is 0 Å². The van der Waals surface area contributed by atoms with Gasteiger partial charge < -0.3 is 0 Å². The number of rotatable bonds is 4. The lowest BCUT2D eigenvalue weighted by Crippen LogP contribution is -2.13. The van der Waals surface area contributed by atoms with Crippen molar-refractivity contribution in [3.63, 3.8) is 0 Å². The Kier molecular flexibility index (Phi) is 4.23. The molecular weight excluding hydrogens is 231 g/mol. The van der Waals surface area contributed by atoms with E-state index in [0.717, 1.165) is 12.5 Å². The van der Waals surface area contributed by atoms with Gasteiger partial charge in [0.15, 0.2) is 0 Å². The Morgan fingerprint density at radius 2 is 2.00 bits per heavy atom. The second-order valence-electron chi connectivity index (χ2n) is 3.47. The minimum absolute atomic E-state index is 0.890. The molecule has 0 unspecified atom stereocenters. The van der Waals surface area contributed by atoms with E-state index < -0.39 is 6.69 Å². The molecule has 0 aromatic heterocycles. The van der Waals surface area contributed by atoms with E-state index >= 15 is 0 Å². The molecule has 0 aliphatic heterocycles. The van der Waals surface area contributed by atoms with Crippen LogP contribution >= 0.6 is 22.2 Å². The lowest BCUT2D eigenvalue weighted by molar-refractivity contribution is 1.11. The highest BCUT2D eigenvalue weighted by Gasteiger charge is 2.20. The minimum atomic E-state index is -1.97. The second kappa shape index (κ2) is 5.01. The number of benzene rings is 1. The first kappa shape index (κ1) is 11.8. The molecule has 14 heavy (non-hydrogen) atoms. The van der Waals surface area contributed by atoms with Crippen molar-refractivity contribution in [1.29, 1.82) is 0 Å². The summed E-state index contributed by atoms with van der Waals surface area (Å²) in [5.41, 5.74) is 2.46. The largest absolute Gasteiger partial charge is 0.248 e. The van der Waals surface area contributed by atoms with Gasteiger partial charge in [-0.2, -0.15) is 0 Å². The summed E-state index contributed by atoms with van der Waals surface area (Å²) in [5, 5.41) is 0. The average molecular weight is 245 g/mol. The maximum atomic E-state index is 6.06. The topological polar surface area (TPSA) is 0 Å². The van der Waals surface area contributed by atoms with E-state index in [4.69, 9.17) is 22.2 Å². The van der Waals surface area contributed by atoms with Crippen LogP contribution in [0.1, 0.15) is 11.1 Å². The molecule has 76 valence electrons. The van der Waals surface area contributed by atoms with Crippen molar-refractivity contribution in [2.45, 2.75) is 19.0 Å². The fourth-order valence-electron chi connectivity index (χ4n) is 1.32. The van der Waals surface area contributed by atoms with Crippen LogP contribution < -0.4 is 0 Å². The molecule has 0 heterocycles. The van der Waals surface area contributed by atoms with Gasteiger partial charge in [-0.05, 0) is 30.1 Å². The first-order valence-electron chi connectivity index (χ1n) is 4.61. The van der Waals surface area contributed by atoms with Crippen molar-refractivity contribution < 1.29 is 0 Å². The summed E-state index contributed by atoms with van der Waals surface area (Å²) in [4.78, 5) is 0. The van der Waals surface area contributed by atoms with Gasteiger partial charge in [-0.25, -0.2) is 0 Å². The van der Waals surface area contributed by atoms with Crippen molar-refractivity contribution in [2.24, 2.45) is 0 Å². The molecule has 1 rings (SSSR count). The fourth-order valence-corrected chi connectivity index (χ4v) is 2.59. The Bertz CT molecular complexity index is 315. The highest BCUT2D eigenvalue weighted by molar-refractivity contribution is 7.44. The minimum Gasteiger partial charge on any atom is -0.146 e. The third-order valence-electron chi connectivity index (χ3n) is 2.11. The van der Waals surface area contributed by atoms with E-state index in [-0.39, 0.29) is 0 Å². The Hall–Kier alpha value is -0.243. The maximum Gasteiger partial charge on any atom is 0.248 e. The Labute approximate surface area is 96.0 Å². The first-order valence-corrected chi connectivity index (χ1v) is 9.34. The maximum absolute atomic E-state index is 6.06. The zero-order valence-electron chi connectivity index (χ0n) is 8.26. The molecular formula is C11H14Cl2Si. The standard InChI is InChI=1S/C11H14Cl2Si/c1-3-10-6-4-5-7-11(10)8-9-14(2,12)13/h3-7H,1,8-9H2,2H3. The molecule has 0 amide bonds. The summed E-state index contributed by atoms with van der Waals surface area (Å²) < 4.78 is 0.